The van der Waals surface area contributed by atoms with Crippen molar-refractivity contribution in [2.45, 2.75) is 39.7 Å². The van der Waals surface area contributed by atoms with Crippen LogP contribution < -0.4 is 9.64 Å². The van der Waals surface area contributed by atoms with Crippen molar-refractivity contribution in [3.63, 3.8) is 0 Å². The molecule has 0 unspecified atom stereocenters. The minimum absolute atomic E-state index is 0.157. The van der Waals surface area contributed by atoms with Gasteiger partial charge in [0.1, 0.15) is 17.4 Å². The second-order valence-corrected chi connectivity index (χ2v) is 9.44. The van der Waals surface area contributed by atoms with E-state index >= 15 is 0 Å². The lowest BCUT2D eigenvalue weighted by Crippen LogP contribution is -2.38. The Kier molecular flexibility index (Phi) is 6.36. The number of amides is 1. The van der Waals surface area contributed by atoms with E-state index in [2.05, 4.69) is 11.8 Å². The number of aromatic nitrogens is 2. The van der Waals surface area contributed by atoms with E-state index in [1.165, 1.54) is 11.0 Å². The molecule has 1 aromatic heterocycles. The molecule has 1 fully saturated rings. The maximum atomic E-state index is 14.3. The molecule has 0 radical (unpaired) electrons. The van der Waals surface area contributed by atoms with Crippen molar-refractivity contribution in [1.82, 2.24) is 14.9 Å². The fraction of sp³-hybridized carbons (Fsp3) is 0.370. The van der Waals surface area contributed by atoms with Gasteiger partial charge in [0, 0.05) is 32.1 Å². The molecular weight excluding hydrogens is 450 g/mol. The highest BCUT2D eigenvalue weighted by molar-refractivity contribution is 5.94. The molecule has 8 heteroatoms. The van der Waals surface area contributed by atoms with E-state index in [1.54, 1.807) is 0 Å². The van der Waals surface area contributed by atoms with Crippen molar-refractivity contribution in [2.75, 3.05) is 24.5 Å². The van der Waals surface area contributed by atoms with Crippen LogP contribution in [0.15, 0.2) is 42.5 Å². The number of ether oxygens (including phenoxy) is 1. The summed E-state index contributed by atoms with van der Waals surface area (Å²) in [5.74, 6) is 0.293. The lowest BCUT2D eigenvalue weighted by atomic mass is 9.99. The van der Waals surface area contributed by atoms with Crippen LogP contribution in [0.4, 0.5) is 14.7 Å². The van der Waals surface area contributed by atoms with Crippen LogP contribution in [-0.2, 0) is 13.0 Å². The van der Waals surface area contributed by atoms with E-state index in [0.29, 0.717) is 42.0 Å². The molecule has 2 aliphatic heterocycles. The van der Waals surface area contributed by atoms with Crippen LogP contribution in [0.25, 0.3) is 0 Å². The maximum Gasteiger partial charge on any atom is 0.257 e. The summed E-state index contributed by atoms with van der Waals surface area (Å²) < 4.78 is 33.9. The minimum atomic E-state index is -0.872. The highest BCUT2D eigenvalue weighted by atomic mass is 19.1. The molecule has 5 rings (SSSR count). The number of nitrogens with zero attached hydrogens (tertiary/aromatic N) is 4. The molecule has 2 aliphatic rings. The molecule has 2 aromatic carbocycles. The van der Waals surface area contributed by atoms with Crippen LogP contribution in [0, 0.1) is 24.5 Å². The van der Waals surface area contributed by atoms with Crippen LogP contribution in [0.3, 0.4) is 0 Å². The molecule has 182 valence electrons. The third kappa shape index (κ3) is 4.97. The van der Waals surface area contributed by atoms with Gasteiger partial charge in [0.05, 0.1) is 23.4 Å². The zero-order valence-electron chi connectivity index (χ0n) is 19.9. The van der Waals surface area contributed by atoms with Gasteiger partial charge in [0.15, 0.2) is 0 Å². The lowest BCUT2D eigenvalue weighted by Gasteiger charge is -2.33. The van der Waals surface area contributed by atoms with Crippen molar-refractivity contribution in [3.05, 3.63) is 76.5 Å². The van der Waals surface area contributed by atoms with E-state index in [0.717, 1.165) is 49.3 Å². The van der Waals surface area contributed by atoms with Gasteiger partial charge < -0.3 is 14.5 Å². The molecule has 1 saturated heterocycles. The Morgan fingerprint density at radius 1 is 1.06 bits per heavy atom. The second kappa shape index (κ2) is 9.60. The Morgan fingerprint density at radius 2 is 1.86 bits per heavy atom. The number of rotatable bonds is 4. The van der Waals surface area contributed by atoms with Crippen molar-refractivity contribution in [2.24, 2.45) is 5.92 Å². The van der Waals surface area contributed by atoms with Gasteiger partial charge in [-0.15, -0.1) is 0 Å². The van der Waals surface area contributed by atoms with Gasteiger partial charge in [0.25, 0.3) is 5.91 Å². The van der Waals surface area contributed by atoms with Crippen molar-refractivity contribution < 1.29 is 18.3 Å². The van der Waals surface area contributed by atoms with Crippen LogP contribution in [0.5, 0.6) is 11.6 Å². The zero-order chi connectivity index (χ0) is 24.5. The van der Waals surface area contributed by atoms with Gasteiger partial charge in [0.2, 0.25) is 11.8 Å². The SMILES string of the molecule is Cc1cccc(Oc2nc(N3CCC(C)CC3)nc3c2CN(C(=O)c2ccc(F)cc2F)CC3)c1. The van der Waals surface area contributed by atoms with Gasteiger partial charge in [-0.2, -0.15) is 4.98 Å². The Balaban J connectivity index is 1.48. The Labute approximate surface area is 203 Å². The Hall–Kier alpha value is -3.55. The molecule has 0 N–H and O–H groups in total. The summed E-state index contributed by atoms with van der Waals surface area (Å²) in [5.41, 5.74) is 2.44. The Bertz CT molecular complexity index is 1260. The van der Waals surface area contributed by atoms with Gasteiger partial charge in [-0.25, -0.2) is 13.8 Å². The number of halogens is 2. The fourth-order valence-electron chi connectivity index (χ4n) is 4.60. The topological polar surface area (TPSA) is 58.6 Å². The highest BCUT2D eigenvalue weighted by Crippen LogP contribution is 2.33. The Morgan fingerprint density at radius 3 is 2.60 bits per heavy atom. The lowest BCUT2D eigenvalue weighted by molar-refractivity contribution is 0.0727. The third-order valence-electron chi connectivity index (χ3n) is 6.73. The van der Waals surface area contributed by atoms with Gasteiger partial charge >= 0.3 is 0 Å². The third-order valence-corrected chi connectivity index (χ3v) is 6.73. The number of carbonyl (C=O) groups excluding carboxylic acids is 1. The summed E-state index contributed by atoms with van der Waals surface area (Å²) in [6.07, 6.45) is 2.66. The van der Waals surface area contributed by atoms with E-state index in [1.807, 2.05) is 31.2 Å². The van der Waals surface area contributed by atoms with Gasteiger partial charge in [-0.05, 0) is 55.5 Å². The van der Waals surface area contributed by atoms with Crippen molar-refractivity contribution >= 4 is 11.9 Å². The van der Waals surface area contributed by atoms with Crippen LogP contribution >= 0.6 is 0 Å². The number of fused-ring (bicyclic) bond motifs is 1. The monoisotopic (exact) mass is 478 g/mol. The van der Waals surface area contributed by atoms with Gasteiger partial charge in [-0.3, -0.25) is 4.79 Å². The number of hydrogen-bond donors (Lipinski definition) is 0. The summed E-state index contributed by atoms with van der Waals surface area (Å²) in [6, 6.07) is 10.7. The van der Waals surface area contributed by atoms with E-state index in [4.69, 9.17) is 14.7 Å². The number of carbonyl (C=O) groups is 1. The van der Waals surface area contributed by atoms with Crippen molar-refractivity contribution in [1.29, 1.82) is 0 Å². The summed E-state index contributed by atoms with van der Waals surface area (Å²) in [5, 5.41) is 0. The summed E-state index contributed by atoms with van der Waals surface area (Å²) in [6.45, 7) is 6.58. The molecule has 0 aliphatic carbocycles. The smallest absolute Gasteiger partial charge is 0.257 e. The van der Waals surface area contributed by atoms with Crippen LogP contribution in [0.2, 0.25) is 0 Å². The van der Waals surface area contributed by atoms with Crippen LogP contribution in [0.1, 0.15) is 46.9 Å². The van der Waals surface area contributed by atoms with Crippen molar-refractivity contribution in [3.8, 4) is 11.6 Å². The number of anilines is 1. The zero-order valence-corrected chi connectivity index (χ0v) is 19.9. The van der Waals surface area contributed by atoms with E-state index < -0.39 is 17.5 Å². The predicted octanol–water partition coefficient (Wildman–Crippen LogP) is 5.29. The first-order chi connectivity index (χ1) is 16.9. The largest absolute Gasteiger partial charge is 0.438 e. The highest BCUT2D eigenvalue weighted by Gasteiger charge is 2.30. The molecule has 0 spiro atoms. The number of hydrogen-bond acceptors (Lipinski definition) is 5. The number of piperidine rings is 1. The number of aryl methyl sites for hydroxylation is 1. The average Bonchev–Trinajstić information content (AvgIpc) is 2.84. The van der Waals surface area contributed by atoms with Crippen LogP contribution in [-0.4, -0.2) is 40.4 Å². The first-order valence-corrected chi connectivity index (χ1v) is 12.0. The quantitative estimate of drug-likeness (QED) is 0.510. The molecule has 3 aromatic rings. The fourth-order valence-corrected chi connectivity index (χ4v) is 4.60. The standard InChI is InChI=1S/C27H28F2N4O2/c1-17-8-11-32(12-9-17)27-30-24-10-13-33(26(34)21-7-6-19(28)15-23(21)29)16-22(24)25(31-27)35-20-5-3-4-18(2)14-20/h3-7,14-15,17H,8-13,16H2,1-2H3. The molecule has 3 heterocycles. The summed E-state index contributed by atoms with van der Waals surface area (Å²) >= 11 is 0. The molecule has 0 atom stereocenters. The first-order valence-electron chi connectivity index (χ1n) is 12.0. The normalized spacial score (nSPS) is 16.2. The molecule has 0 bridgehead atoms. The first kappa shape index (κ1) is 23.2. The predicted molar refractivity (Wildman–Crippen MR) is 129 cm³/mol. The average molecular weight is 479 g/mol. The number of benzene rings is 2. The van der Waals surface area contributed by atoms with E-state index in [9.17, 15) is 13.6 Å². The molecule has 6 nitrogen and oxygen atoms in total. The molecular formula is C27H28F2N4O2. The maximum absolute atomic E-state index is 14.3. The second-order valence-electron chi connectivity index (χ2n) is 9.44. The molecule has 0 saturated carbocycles. The molecule has 35 heavy (non-hydrogen) atoms. The van der Waals surface area contributed by atoms with E-state index in [-0.39, 0.29) is 12.1 Å². The molecule has 1 amide bonds. The minimum Gasteiger partial charge on any atom is -0.438 e. The summed E-state index contributed by atoms with van der Waals surface area (Å²) in [7, 11) is 0. The van der Waals surface area contributed by atoms with Gasteiger partial charge in [-0.1, -0.05) is 19.1 Å². The summed E-state index contributed by atoms with van der Waals surface area (Å²) in [4.78, 5) is 26.4.